The maximum absolute atomic E-state index is 9.54. The molecule has 0 aliphatic heterocycles. The van der Waals surface area contributed by atoms with Crippen LogP contribution in [0.25, 0.3) is 105 Å². The fourth-order valence-corrected chi connectivity index (χ4v) is 8.13. The Balaban J connectivity index is 1.21. The molecular weight excluding hydrogens is 753 g/mol. The van der Waals surface area contributed by atoms with Crippen molar-refractivity contribution in [1.82, 2.24) is 9.97 Å². The Labute approximate surface area is 361 Å². The molecule has 62 heavy (non-hydrogen) atoms. The standard InChI is InChI=1S/C58H36N4/c1-60-53-23-11-21-50(35-53)43-24-28-44(29-25-43)56-55-37-52(49-20-9-18-47(33-49)40-13-4-2-5-14-40)36-54(51-22-10-19-48(34-51)41-15-6-3-7-16-41)57(55)62-58(61-56)45-30-26-42(27-31-45)46-17-8-12-39(32-46)38-59/h2-37H. The van der Waals surface area contributed by atoms with E-state index in [4.69, 9.17) is 16.5 Å². The monoisotopic (exact) mass is 788 g/mol. The van der Waals surface area contributed by atoms with Gasteiger partial charge in [-0.1, -0.05) is 176 Å². The molecule has 0 unspecified atom stereocenters. The minimum Gasteiger partial charge on any atom is -0.238 e. The van der Waals surface area contributed by atoms with Gasteiger partial charge in [-0.15, -0.1) is 0 Å². The molecule has 0 saturated carbocycles. The first-order chi connectivity index (χ1) is 30.6. The Morgan fingerprint density at radius 2 is 0.839 bits per heavy atom. The summed E-state index contributed by atoms with van der Waals surface area (Å²) in [7, 11) is 0. The van der Waals surface area contributed by atoms with Crippen molar-refractivity contribution >= 4 is 16.6 Å². The average Bonchev–Trinajstić information content (AvgIpc) is 3.36. The molecule has 0 aliphatic carbocycles. The van der Waals surface area contributed by atoms with E-state index < -0.39 is 0 Å². The lowest BCUT2D eigenvalue weighted by Crippen LogP contribution is -1.98. The van der Waals surface area contributed by atoms with Gasteiger partial charge in [0, 0.05) is 22.1 Å². The predicted octanol–water partition coefficient (Wildman–Crippen LogP) is 15.4. The van der Waals surface area contributed by atoms with Crippen molar-refractivity contribution in [2.75, 3.05) is 0 Å². The fraction of sp³-hybridized carbons (Fsp3) is 0. The number of nitrogens with zero attached hydrogens (tertiary/aromatic N) is 4. The van der Waals surface area contributed by atoms with Gasteiger partial charge in [0.1, 0.15) is 0 Å². The molecule has 0 bridgehead atoms. The third-order valence-electron chi connectivity index (χ3n) is 11.3. The molecule has 0 radical (unpaired) electrons. The summed E-state index contributed by atoms with van der Waals surface area (Å²) in [5.74, 6) is 0.609. The van der Waals surface area contributed by atoms with E-state index in [1.807, 2.05) is 60.7 Å². The van der Waals surface area contributed by atoms with Crippen LogP contribution in [0.1, 0.15) is 5.56 Å². The van der Waals surface area contributed by atoms with E-state index in [2.05, 4.69) is 169 Å². The van der Waals surface area contributed by atoms with Crippen molar-refractivity contribution < 1.29 is 0 Å². The average molecular weight is 789 g/mol. The summed E-state index contributed by atoms with van der Waals surface area (Å²) in [6.07, 6.45) is 0. The highest BCUT2D eigenvalue weighted by atomic mass is 14.9. The molecule has 0 saturated heterocycles. The second-order valence-corrected chi connectivity index (χ2v) is 15.2. The van der Waals surface area contributed by atoms with Gasteiger partial charge < -0.3 is 0 Å². The molecule has 1 heterocycles. The lowest BCUT2D eigenvalue weighted by molar-refractivity contribution is 1.23. The van der Waals surface area contributed by atoms with E-state index in [9.17, 15) is 5.26 Å². The highest BCUT2D eigenvalue weighted by Gasteiger charge is 2.19. The normalized spacial score (nSPS) is 10.9. The Hall–Kier alpha value is -8.70. The van der Waals surface area contributed by atoms with E-state index in [0.29, 0.717) is 17.1 Å². The van der Waals surface area contributed by atoms with Crippen LogP contribution < -0.4 is 0 Å². The summed E-state index contributed by atoms with van der Waals surface area (Å²) < 4.78 is 0. The van der Waals surface area contributed by atoms with Gasteiger partial charge in [0.15, 0.2) is 11.5 Å². The second kappa shape index (κ2) is 16.5. The molecule has 0 aliphatic rings. The summed E-state index contributed by atoms with van der Waals surface area (Å²) in [6.45, 7) is 7.56. The Kier molecular flexibility index (Phi) is 10.0. The molecule has 288 valence electrons. The molecule has 0 amide bonds. The van der Waals surface area contributed by atoms with Gasteiger partial charge in [0.2, 0.25) is 0 Å². The van der Waals surface area contributed by atoms with Crippen molar-refractivity contribution in [1.29, 1.82) is 5.26 Å². The molecule has 10 rings (SSSR count). The molecular formula is C58H36N4. The van der Waals surface area contributed by atoms with Crippen LogP contribution in [-0.4, -0.2) is 9.97 Å². The summed E-state index contributed by atoms with van der Waals surface area (Å²) in [4.78, 5) is 14.5. The van der Waals surface area contributed by atoms with E-state index in [1.54, 1.807) is 0 Å². The smallest absolute Gasteiger partial charge is 0.187 e. The maximum Gasteiger partial charge on any atom is 0.187 e. The fourth-order valence-electron chi connectivity index (χ4n) is 8.13. The molecule has 4 nitrogen and oxygen atoms in total. The van der Waals surface area contributed by atoms with Gasteiger partial charge in [0.25, 0.3) is 0 Å². The summed E-state index contributed by atoms with van der Waals surface area (Å²) in [5, 5.41) is 10.5. The van der Waals surface area contributed by atoms with Gasteiger partial charge >= 0.3 is 0 Å². The van der Waals surface area contributed by atoms with Gasteiger partial charge in [-0.05, 0) is 104 Å². The largest absolute Gasteiger partial charge is 0.238 e. The summed E-state index contributed by atoms with van der Waals surface area (Å²) in [5.41, 5.74) is 17.5. The van der Waals surface area contributed by atoms with Crippen molar-refractivity contribution in [3.05, 3.63) is 235 Å². The molecule has 1 aromatic heterocycles. The highest BCUT2D eigenvalue weighted by Crippen LogP contribution is 2.41. The number of nitriles is 1. The number of aromatic nitrogens is 2. The van der Waals surface area contributed by atoms with Crippen LogP contribution in [0.2, 0.25) is 0 Å². The van der Waals surface area contributed by atoms with Crippen molar-refractivity contribution in [3.63, 3.8) is 0 Å². The van der Waals surface area contributed by atoms with Crippen LogP contribution >= 0.6 is 0 Å². The van der Waals surface area contributed by atoms with Crippen molar-refractivity contribution in [3.8, 4) is 95.5 Å². The molecule has 4 heteroatoms. The van der Waals surface area contributed by atoms with Crippen molar-refractivity contribution in [2.24, 2.45) is 0 Å². The van der Waals surface area contributed by atoms with Gasteiger partial charge in [0.05, 0.1) is 29.4 Å². The number of hydrogen-bond acceptors (Lipinski definition) is 3. The topological polar surface area (TPSA) is 53.9 Å². The number of hydrogen-bond donors (Lipinski definition) is 0. The quantitative estimate of drug-likeness (QED) is 0.144. The van der Waals surface area contributed by atoms with Crippen LogP contribution in [0.3, 0.4) is 0 Å². The predicted molar refractivity (Wildman–Crippen MR) is 254 cm³/mol. The zero-order valence-corrected chi connectivity index (χ0v) is 33.6. The molecule has 10 aromatic rings. The first kappa shape index (κ1) is 37.6. The maximum atomic E-state index is 9.54. The van der Waals surface area contributed by atoms with E-state index in [1.165, 1.54) is 0 Å². The van der Waals surface area contributed by atoms with Crippen molar-refractivity contribution in [2.45, 2.75) is 0 Å². The summed E-state index contributed by atoms with van der Waals surface area (Å²) >= 11 is 0. The van der Waals surface area contributed by atoms with Crippen LogP contribution in [0, 0.1) is 17.9 Å². The SMILES string of the molecule is [C-]#[N+]c1cccc(-c2ccc(-c3nc(-c4ccc(-c5cccc(C#N)c5)cc4)nc4c(-c5cccc(-c6ccccc6)c5)cc(-c5cccc(-c6ccccc6)c5)cc34)cc2)c1. The first-order valence-electron chi connectivity index (χ1n) is 20.5. The van der Waals surface area contributed by atoms with Crippen LogP contribution in [-0.2, 0) is 0 Å². The van der Waals surface area contributed by atoms with Gasteiger partial charge in [-0.3, -0.25) is 0 Å². The second-order valence-electron chi connectivity index (χ2n) is 15.2. The lowest BCUT2D eigenvalue weighted by atomic mass is 9.91. The number of benzene rings is 9. The molecule has 0 spiro atoms. The van der Waals surface area contributed by atoms with Gasteiger partial charge in [-0.2, -0.15) is 5.26 Å². The lowest BCUT2D eigenvalue weighted by Gasteiger charge is -2.17. The van der Waals surface area contributed by atoms with Crippen LogP contribution in [0.15, 0.2) is 218 Å². The molecule has 9 aromatic carbocycles. The highest BCUT2D eigenvalue weighted by molar-refractivity contribution is 6.05. The zero-order chi connectivity index (χ0) is 41.8. The minimum absolute atomic E-state index is 0.606. The molecule has 0 N–H and O–H groups in total. The molecule has 0 atom stereocenters. The Morgan fingerprint density at radius 3 is 1.45 bits per heavy atom. The van der Waals surface area contributed by atoms with E-state index in [0.717, 1.165) is 94.5 Å². The molecule has 0 fully saturated rings. The third kappa shape index (κ3) is 7.53. The third-order valence-corrected chi connectivity index (χ3v) is 11.3. The first-order valence-corrected chi connectivity index (χ1v) is 20.5. The number of rotatable bonds is 8. The van der Waals surface area contributed by atoms with Crippen LogP contribution in [0.4, 0.5) is 5.69 Å². The van der Waals surface area contributed by atoms with Gasteiger partial charge in [-0.25, -0.2) is 14.8 Å². The number of fused-ring (bicyclic) bond motifs is 1. The van der Waals surface area contributed by atoms with E-state index in [-0.39, 0.29) is 0 Å². The Morgan fingerprint density at radius 1 is 0.371 bits per heavy atom. The minimum atomic E-state index is 0.606. The Bertz CT molecular complexity index is 3340. The van der Waals surface area contributed by atoms with E-state index >= 15 is 0 Å². The van der Waals surface area contributed by atoms with Crippen LogP contribution in [0.5, 0.6) is 0 Å². The zero-order valence-electron chi connectivity index (χ0n) is 33.6. The summed E-state index contributed by atoms with van der Waals surface area (Å²) in [6, 6.07) is 77.2.